The van der Waals surface area contributed by atoms with Crippen LogP contribution in [0.1, 0.15) is 67.6 Å². The van der Waals surface area contributed by atoms with Crippen LogP contribution in [0.2, 0.25) is 0 Å². The average molecular weight is 305 g/mol. The number of carbonyl (C=O) groups excluding carboxylic acids is 1. The maximum absolute atomic E-state index is 12.3. The molecule has 0 amide bonds. The van der Waals surface area contributed by atoms with Gasteiger partial charge in [-0.25, -0.2) is 4.79 Å². The Kier molecular flexibility index (Phi) is 7.09. The molecular formula is C18H27NO3. The van der Waals surface area contributed by atoms with Crippen molar-refractivity contribution in [3.05, 3.63) is 45.6 Å². The Morgan fingerprint density at radius 3 is 2.64 bits per heavy atom. The average Bonchev–Trinajstić information content (AvgIpc) is 2.49. The van der Waals surface area contributed by atoms with Gasteiger partial charge >= 0.3 is 5.63 Å². The molecule has 2 atom stereocenters. The lowest BCUT2D eigenvalue weighted by Crippen LogP contribution is -2.22. The summed E-state index contributed by atoms with van der Waals surface area (Å²) in [5, 5.41) is 2.94. The number of nitrogens with one attached hydrogen (secondary N) is 1. The molecule has 0 aliphatic rings. The van der Waals surface area contributed by atoms with E-state index in [1.54, 1.807) is 0 Å². The van der Waals surface area contributed by atoms with Crippen LogP contribution < -0.4 is 10.9 Å². The molecule has 0 saturated heterocycles. The molecule has 1 aromatic rings. The van der Waals surface area contributed by atoms with Crippen LogP contribution in [0.3, 0.4) is 0 Å². The van der Waals surface area contributed by atoms with Gasteiger partial charge in [-0.3, -0.25) is 4.79 Å². The van der Waals surface area contributed by atoms with Crippen LogP contribution >= 0.6 is 0 Å². The number of aryl methyl sites for hydroxylation is 1. The quantitative estimate of drug-likeness (QED) is 0.742. The van der Waals surface area contributed by atoms with Gasteiger partial charge in [0.2, 0.25) is 0 Å². The normalized spacial score (nSPS) is 14.0. The number of ketones is 1. The zero-order chi connectivity index (χ0) is 16.7. The summed E-state index contributed by atoms with van der Waals surface area (Å²) >= 11 is 0. The first-order chi connectivity index (χ1) is 10.4. The van der Waals surface area contributed by atoms with Crippen molar-refractivity contribution in [2.45, 2.75) is 52.9 Å². The lowest BCUT2D eigenvalue weighted by molar-refractivity contribution is 0.0922. The highest BCUT2D eigenvalue weighted by Crippen LogP contribution is 2.22. The Balaban J connectivity index is 2.96. The first-order valence-electron chi connectivity index (χ1n) is 7.93. The third-order valence-electron chi connectivity index (χ3n) is 4.01. The molecule has 22 heavy (non-hydrogen) atoms. The number of hydrogen-bond donors (Lipinski definition) is 1. The lowest BCUT2D eigenvalue weighted by atomic mass is 9.94. The second kappa shape index (κ2) is 8.57. The summed E-state index contributed by atoms with van der Waals surface area (Å²) in [7, 11) is 1.86. The van der Waals surface area contributed by atoms with E-state index in [4.69, 9.17) is 4.42 Å². The van der Waals surface area contributed by atoms with E-state index in [1.165, 1.54) is 0 Å². The number of hydrogen-bond acceptors (Lipinski definition) is 4. The minimum atomic E-state index is -0.502. The third kappa shape index (κ3) is 4.58. The van der Waals surface area contributed by atoms with Gasteiger partial charge < -0.3 is 9.73 Å². The number of rotatable bonds is 8. The van der Waals surface area contributed by atoms with E-state index in [9.17, 15) is 9.59 Å². The van der Waals surface area contributed by atoms with Crippen LogP contribution in [0.25, 0.3) is 0 Å². The first kappa shape index (κ1) is 18.2. The molecule has 1 heterocycles. The number of Topliss-reactive ketones (excluding diaryl/α,β-unsaturated/α-hetero) is 1. The predicted molar refractivity (Wildman–Crippen MR) is 89.3 cm³/mol. The van der Waals surface area contributed by atoms with Crippen molar-refractivity contribution in [1.29, 1.82) is 0 Å². The van der Waals surface area contributed by atoms with Crippen molar-refractivity contribution in [3.63, 3.8) is 0 Å². The van der Waals surface area contributed by atoms with Gasteiger partial charge in [-0.2, -0.15) is 0 Å². The van der Waals surface area contributed by atoms with Crippen molar-refractivity contribution in [2.24, 2.45) is 5.92 Å². The highest BCUT2D eigenvalue weighted by atomic mass is 16.4. The van der Waals surface area contributed by atoms with Crippen molar-refractivity contribution in [1.82, 2.24) is 5.32 Å². The minimum Gasteiger partial charge on any atom is -0.427 e. The van der Waals surface area contributed by atoms with Crippen LogP contribution in [0.15, 0.2) is 27.6 Å². The van der Waals surface area contributed by atoms with Gasteiger partial charge in [0.05, 0.1) is 0 Å². The van der Waals surface area contributed by atoms with Gasteiger partial charge in [-0.05, 0) is 44.0 Å². The Bertz CT molecular complexity index is 586. The van der Waals surface area contributed by atoms with Gasteiger partial charge in [0.15, 0.2) is 5.78 Å². The Hall–Kier alpha value is -1.84. The number of allylic oxidation sites excluding steroid dienone is 1. The maximum atomic E-state index is 12.3. The highest BCUT2D eigenvalue weighted by molar-refractivity contribution is 5.98. The highest BCUT2D eigenvalue weighted by Gasteiger charge is 2.22. The predicted octanol–water partition coefficient (Wildman–Crippen LogP) is 3.79. The van der Waals surface area contributed by atoms with Gasteiger partial charge in [0.25, 0.3) is 0 Å². The Labute approximate surface area is 132 Å². The number of carbonyl (C=O) groups is 1. The maximum Gasteiger partial charge on any atom is 0.347 e. The minimum absolute atomic E-state index is 0.120. The molecule has 2 unspecified atom stereocenters. The molecule has 1 aromatic heterocycles. The molecule has 4 heteroatoms. The van der Waals surface area contributed by atoms with Crippen molar-refractivity contribution < 1.29 is 9.21 Å². The van der Waals surface area contributed by atoms with E-state index >= 15 is 0 Å². The van der Waals surface area contributed by atoms with E-state index in [2.05, 4.69) is 5.32 Å². The molecule has 0 fully saturated rings. The SMILES string of the molecule is CCC(C)C(=O)c1c(C)cc(C(C)CC/C=C/NC)oc1=O. The Morgan fingerprint density at radius 2 is 2.09 bits per heavy atom. The zero-order valence-corrected chi connectivity index (χ0v) is 14.2. The van der Waals surface area contributed by atoms with E-state index in [0.29, 0.717) is 17.7 Å². The van der Waals surface area contributed by atoms with E-state index in [1.807, 2.05) is 53.1 Å². The summed E-state index contributed by atoms with van der Waals surface area (Å²) < 4.78 is 5.41. The van der Waals surface area contributed by atoms with Gasteiger partial charge in [-0.15, -0.1) is 0 Å². The van der Waals surface area contributed by atoms with Crippen molar-refractivity contribution in [3.8, 4) is 0 Å². The van der Waals surface area contributed by atoms with Gasteiger partial charge in [-0.1, -0.05) is 26.8 Å². The summed E-state index contributed by atoms with van der Waals surface area (Å²) in [4.78, 5) is 24.5. The van der Waals surface area contributed by atoms with E-state index in [-0.39, 0.29) is 23.2 Å². The molecule has 122 valence electrons. The molecule has 0 bridgehead atoms. The van der Waals surface area contributed by atoms with Crippen LogP contribution in [0, 0.1) is 12.8 Å². The van der Waals surface area contributed by atoms with Crippen LogP contribution in [0.5, 0.6) is 0 Å². The zero-order valence-electron chi connectivity index (χ0n) is 14.2. The first-order valence-corrected chi connectivity index (χ1v) is 7.93. The molecule has 4 nitrogen and oxygen atoms in total. The standard InChI is InChI=1S/C18H27NO3/c1-6-12(2)17(20)16-14(4)11-15(22-18(16)21)13(3)9-7-8-10-19-5/h8,10-13,19H,6-7,9H2,1-5H3/b10-8+. The molecule has 0 radical (unpaired) electrons. The second-order valence-corrected chi connectivity index (χ2v) is 5.84. The van der Waals surface area contributed by atoms with E-state index < -0.39 is 5.63 Å². The molecular weight excluding hydrogens is 278 g/mol. The molecule has 0 saturated carbocycles. The van der Waals surface area contributed by atoms with Gasteiger partial charge in [0.1, 0.15) is 11.3 Å². The summed E-state index contributed by atoms with van der Waals surface area (Å²) in [5.41, 5.74) is 0.424. The smallest absolute Gasteiger partial charge is 0.347 e. The molecule has 0 aliphatic heterocycles. The lowest BCUT2D eigenvalue weighted by Gasteiger charge is -2.13. The van der Waals surface area contributed by atoms with Crippen molar-refractivity contribution in [2.75, 3.05) is 7.05 Å². The van der Waals surface area contributed by atoms with Crippen LogP contribution in [-0.4, -0.2) is 12.8 Å². The molecule has 1 N–H and O–H groups in total. The van der Waals surface area contributed by atoms with Crippen molar-refractivity contribution >= 4 is 5.78 Å². The summed E-state index contributed by atoms with van der Waals surface area (Å²) in [6, 6.07) is 1.84. The van der Waals surface area contributed by atoms with E-state index in [0.717, 1.165) is 12.8 Å². The molecule has 0 aliphatic carbocycles. The molecule has 0 aromatic carbocycles. The van der Waals surface area contributed by atoms with Crippen LogP contribution in [0.4, 0.5) is 0 Å². The third-order valence-corrected chi connectivity index (χ3v) is 4.01. The Morgan fingerprint density at radius 1 is 1.41 bits per heavy atom. The fourth-order valence-corrected chi connectivity index (χ4v) is 2.29. The fraction of sp³-hybridized carbons (Fsp3) is 0.556. The molecule has 1 rings (SSSR count). The fourth-order valence-electron chi connectivity index (χ4n) is 2.29. The summed E-state index contributed by atoms with van der Waals surface area (Å²) in [6.07, 6.45) is 6.44. The summed E-state index contributed by atoms with van der Waals surface area (Å²) in [6.45, 7) is 7.62. The van der Waals surface area contributed by atoms with Gasteiger partial charge in [0, 0.05) is 18.9 Å². The van der Waals surface area contributed by atoms with Crippen LogP contribution in [-0.2, 0) is 0 Å². The topological polar surface area (TPSA) is 59.3 Å². The molecule has 0 spiro atoms. The largest absolute Gasteiger partial charge is 0.427 e. The summed E-state index contributed by atoms with van der Waals surface area (Å²) in [5.74, 6) is 0.517. The second-order valence-electron chi connectivity index (χ2n) is 5.84. The monoisotopic (exact) mass is 305 g/mol.